The molecule has 1 nitrogen and oxygen atoms in total. The van der Waals surface area contributed by atoms with Crippen LogP contribution in [0.25, 0.3) is 0 Å². The minimum Gasteiger partial charge on any atom is -0.301 e. The summed E-state index contributed by atoms with van der Waals surface area (Å²) in [6, 6.07) is 0. The predicted octanol–water partition coefficient (Wildman–Crippen LogP) is 4.81. The summed E-state index contributed by atoms with van der Waals surface area (Å²) in [7, 11) is 1.89. The van der Waals surface area contributed by atoms with E-state index in [9.17, 15) is 0 Å². The van der Waals surface area contributed by atoms with Crippen molar-refractivity contribution in [3.05, 3.63) is 0 Å². The quantitative estimate of drug-likeness (QED) is 0.526. The van der Waals surface area contributed by atoms with Gasteiger partial charge >= 0.3 is 0 Å². The SMILES string of the molecule is CCCC(CC)C(C(C)/C=N/C)C(C)CC. The number of hydrogen-bond acceptors (Lipinski definition) is 1. The van der Waals surface area contributed by atoms with Gasteiger partial charge in [-0.15, -0.1) is 0 Å². The smallest absolute Gasteiger partial charge is 0.0273 e. The first-order valence-corrected chi connectivity index (χ1v) is 7.04. The molecule has 0 N–H and O–H groups in total. The van der Waals surface area contributed by atoms with Crippen LogP contribution in [0.1, 0.15) is 60.3 Å². The summed E-state index contributed by atoms with van der Waals surface area (Å²) in [5, 5.41) is 0. The minimum absolute atomic E-state index is 0.622. The second-order valence-electron chi connectivity index (χ2n) is 5.19. The molecule has 96 valence electrons. The summed E-state index contributed by atoms with van der Waals surface area (Å²) in [5.74, 6) is 3.10. The third-order valence-electron chi connectivity index (χ3n) is 4.02. The van der Waals surface area contributed by atoms with Gasteiger partial charge in [-0.3, -0.25) is 0 Å². The van der Waals surface area contributed by atoms with Crippen LogP contribution in [0.2, 0.25) is 0 Å². The molecule has 0 bridgehead atoms. The Morgan fingerprint density at radius 3 is 2.06 bits per heavy atom. The first kappa shape index (κ1) is 15.7. The molecule has 0 aromatic carbocycles. The molecule has 0 aromatic rings. The molecule has 0 fully saturated rings. The van der Waals surface area contributed by atoms with Crippen LogP contribution in [0.3, 0.4) is 0 Å². The molecule has 0 aliphatic carbocycles. The Balaban J connectivity index is 4.74. The lowest BCUT2D eigenvalue weighted by Gasteiger charge is -2.34. The molecule has 0 rings (SSSR count). The van der Waals surface area contributed by atoms with E-state index in [4.69, 9.17) is 0 Å². The second-order valence-corrected chi connectivity index (χ2v) is 5.19. The van der Waals surface area contributed by atoms with E-state index in [1.54, 1.807) is 0 Å². The molecule has 0 aromatic heterocycles. The van der Waals surface area contributed by atoms with E-state index >= 15 is 0 Å². The molecule has 16 heavy (non-hydrogen) atoms. The third-order valence-corrected chi connectivity index (χ3v) is 4.02. The van der Waals surface area contributed by atoms with E-state index in [0.717, 1.165) is 17.8 Å². The maximum absolute atomic E-state index is 4.23. The summed E-state index contributed by atoms with van der Waals surface area (Å²) < 4.78 is 0. The highest BCUT2D eigenvalue weighted by molar-refractivity contribution is 5.60. The molecule has 0 aliphatic rings. The minimum atomic E-state index is 0.622. The van der Waals surface area contributed by atoms with Crippen LogP contribution >= 0.6 is 0 Å². The molecule has 0 saturated carbocycles. The first-order chi connectivity index (χ1) is 7.62. The lowest BCUT2D eigenvalue weighted by Crippen LogP contribution is -2.28. The third kappa shape index (κ3) is 4.67. The Labute approximate surface area is 103 Å². The Morgan fingerprint density at radius 2 is 1.69 bits per heavy atom. The maximum atomic E-state index is 4.23. The van der Waals surface area contributed by atoms with Crippen molar-refractivity contribution in [1.29, 1.82) is 0 Å². The van der Waals surface area contributed by atoms with Gasteiger partial charge in [-0.2, -0.15) is 0 Å². The van der Waals surface area contributed by atoms with Gasteiger partial charge in [0.25, 0.3) is 0 Å². The normalized spacial score (nSPS) is 19.6. The van der Waals surface area contributed by atoms with Crippen LogP contribution in [0.15, 0.2) is 4.99 Å². The first-order valence-electron chi connectivity index (χ1n) is 7.04. The van der Waals surface area contributed by atoms with E-state index in [2.05, 4.69) is 45.8 Å². The van der Waals surface area contributed by atoms with Gasteiger partial charge in [0.05, 0.1) is 0 Å². The van der Waals surface area contributed by atoms with Crippen LogP contribution in [-0.4, -0.2) is 13.3 Å². The van der Waals surface area contributed by atoms with E-state index < -0.39 is 0 Å². The highest BCUT2D eigenvalue weighted by Crippen LogP contribution is 2.34. The van der Waals surface area contributed by atoms with E-state index in [0.29, 0.717) is 5.92 Å². The zero-order valence-electron chi connectivity index (χ0n) is 12.2. The van der Waals surface area contributed by atoms with E-state index in [1.807, 2.05) is 7.05 Å². The highest BCUT2D eigenvalue weighted by Gasteiger charge is 2.28. The van der Waals surface area contributed by atoms with Gasteiger partial charge in [-0.05, 0) is 23.7 Å². The zero-order valence-corrected chi connectivity index (χ0v) is 12.2. The molecule has 0 amide bonds. The monoisotopic (exact) mass is 225 g/mol. The van der Waals surface area contributed by atoms with Crippen molar-refractivity contribution < 1.29 is 0 Å². The van der Waals surface area contributed by atoms with Gasteiger partial charge in [0.2, 0.25) is 0 Å². The highest BCUT2D eigenvalue weighted by atomic mass is 14.6. The maximum Gasteiger partial charge on any atom is 0.0273 e. The standard InChI is InChI=1S/C15H31N/c1-7-10-14(9-3)15(12(4)8-2)13(5)11-16-6/h11-15H,7-10H2,1-6H3/b16-11+. The molecule has 0 spiro atoms. The molecule has 0 radical (unpaired) electrons. The van der Waals surface area contributed by atoms with Gasteiger partial charge in [0, 0.05) is 13.3 Å². The van der Waals surface area contributed by atoms with Crippen LogP contribution < -0.4 is 0 Å². The zero-order chi connectivity index (χ0) is 12.6. The van der Waals surface area contributed by atoms with E-state index in [1.165, 1.54) is 25.7 Å². The average Bonchev–Trinajstić information content (AvgIpc) is 2.28. The fourth-order valence-electron chi connectivity index (χ4n) is 3.06. The molecule has 0 saturated heterocycles. The topological polar surface area (TPSA) is 12.4 Å². The number of nitrogens with zero attached hydrogens (tertiary/aromatic N) is 1. The Hall–Kier alpha value is -0.330. The summed E-state index contributed by atoms with van der Waals surface area (Å²) in [4.78, 5) is 4.23. The fourth-order valence-corrected chi connectivity index (χ4v) is 3.06. The predicted molar refractivity (Wildman–Crippen MR) is 75.2 cm³/mol. The molecule has 1 heteroatoms. The molecule has 4 unspecified atom stereocenters. The second kappa shape index (κ2) is 8.78. The molecule has 0 heterocycles. The van der Waals surface area contributed by atoms with Crippen molar-refractivity contribution in [2.45, 2.75) is 60.3 Å². The van der Waals surface area contributed by atoms with E-state index in [-0.39, 0.29) is 0 Å². The molecular weight excluding hydrogens is 194 g/mol. The van der Waals surface area contributed by atoms with Crippen molar-refractivity contribution in [3.63, 3.8) is 0 Å². The van der Waals surface area contributed by atoms with Crippen LogP contribution in [-0.2, 0) is 0 Å². The van der Waals surface area contributed by atoms with Crippen molar-refractivity contribution in [3.8, 4) is 0 Å². The van der Waals surface area contributed by atoms with Crippen molar-refractivity contribution in [2.75, 3.05) is 7.05 Å². The van der Waals surface area contributed by atoms with Gasteiger partial charge in [0.1, 0.15) is 0 Å². The van der Waals surface area contributed by atoms with Gasteiger partial charge < -0.3 is 4.99 Å². The molecule has 4 atom stereocenters. The van der Waals surface area contributed by atoms with Crippen molar-refractivity contribution in [2.24, 2.45) is 28.7 Å². The van der Waals surface area contributed by atoms with Crippen LogP contribution in [0, 0.1) is 23.7 Å². The Morgan fingerprint density at radius 1 is 1.06 bits per heavy atom. The summed E-state index contributed by atoms with van der Waals surface area (Å²) >= 11 is 0. The molecule has 0 aliphatic heterocycles. The summed E-state index contributed by atoms with van der Waals surface area (Å²) in [5.41, 5.74) is 0. The fraction of sp³-hybridized carbons (Fsp3) is 0.933. The number of rotatable bonds is 8. The summed E-state index contributed by atoms with van der Waals surface area (Å²) in [6.45, 7) is 11.7. The largest absolute Gasteiger partial charge is 0.301 e. The van der Waals surface area contributed by atoms with Crippen LogP contribution in [0.5, 0.6) is 0 Å². The Kier molecular flexibility index (Phi) is 8.60. The number of aliphatic imine (C=N–C) groups is 1. The van der Waals surface area contributed by atoms with Crippen molar-refractivity contribution in [1.82, 2.24) is 0 Å². The summed E-state index contributed by atoms with van der Waals surface area (Å²) in [6.07, 6.45) is 7.42. The van der Waals surface area contributed by atoms with Crippen molar-refractivity contribution >= 4 is 6.21 Å². The number of hydrogen-bond donors (Lipinski definition) is 0. The Bertz CT molecular complexity index is 186. The van der Waals surface area contributed by atoms with Gasteiger partial charge in [-0.1, -0.05) is 60.3 Å². The van der Waals surface area contributed by atoms with Crippen LogP contribution in [0.4, 0.5) is 0 Å². The lowest BCUT2D eigenvalue weighted by molar-refractivity contribution is 0.181. The average molecular weight is 225 g/mol. The molecular formula is C15H31N. The van der Waals surface area contributed by atoms with Gasteiger partial charge in [-0.25, -0.2) is 0 Å². The lowest BCUT2D eigenvalue weighted by atomic mass is 9.71. The van der Waals surface area contributed by atoms with Gasteiger partial charge in [0.15, 0.2) is 0 Å².